The van der Waals surface area contributed by atoms with Crippen LogP contribution in [0.15, 0.2) is 64.3 Å². The first kappa shape index (κ1) is 17.2. The highest BCUT2D eigenvalue weighted by Crippen LogP contribution is 2.41. The SMILES string of the molecule is O=C1CCCC2=C1C(c1cccc(Br)c1)n1nc(-c3cccc(O)c3)nc1N2. The summed E-state index contributed by atoms with van der Waals surface area (Å²) >= 11 is 3.53. The number of allylic oxidation sites excluding steroid dienone is 2. The second kappa shape index (κ2) is 6.60. The summed E-state index contributed by atoms with van der Waals surface area (Å²) < 4.78 is 2.73. The lowest BCUT2D eigenvalue weighted by molar-refractivity contribution is -0.116. The number of halogens is 1. The number of rotatable bonds is 2. The molecule has 3 aromatic rings. The number of benzene rings is 2. The van der Waals surface area contributed by atoms with Gasteiger partial charge in [-0.1, -0.05) is 40.2 Å². The van der Waals surface area contributed by atoms with Crippen molar-refractivity contribution in [3.05, 3.63) is 69.8 Å². The van der Waals surface area contributed by atoms with Crippen LogP contribution in [0.3, 0.4) is 0 Å². The van der Waals surface area contributed by atoms with Crippen LogP contribution in [0.2, 0.25) is 0 Å². The molecule has 7 heteroatoms. The number of ketones is 1. The molecule has 1 aromatic heterocycles. The van der Waals surface area contributed by atoms with Crippen molar-refractivity contribution in [2.75, 3.05) is 5.32 Å². The molecule has 0 radical (unpaired) electrons. The first-order valence-electron chi connectivity index (χ1n) is 9.15. The number of aromatic nitrogens is 3. The van der Waals surface area contributed by atoms with E-state index in [1.807, 2.05) is 30.3 Å². The Labute approximate surface area is 170 Å². The minimum Gasteiger partial charge on any atom is -0.508 e. The zero-order valence-electron chi connectivity index (χ0n) is 14.9. The van der Waals surface area contributed by atoms with Gasteiger partial charge in [-0.25, -0.2) is 4.68 Å². The molecule has 1 unspecified atom stereocenters. The molecule has 1 atom stereocenters. The summed E-state index contributed by atoms with van der Waals surface area (Å²) in [6.45, 7) is 0. The zero-order valence-corrected chi connectivity index (χ0v) is 16.5. The van der Waals surface area contributed by atoms with E-state index in [2.05, 4.69) is 26.2 Å². The molecule has 6 nitrogen and oxygen atoms in total. The van der Waals surface area contributed by atoms with Crippen molar-refractivity contribution in [1.29, 1.82) is 0 Å². The predicted octanol–water partition coefficient (Wildman–Crippen LogP) is 4.44. The molecule has 2 aromatic carbocycles. The molecule has 1 aliphatic carbocycles. The average Bonchev–Trinajstić information content (AvgIpc) is 3.10. The summed E-state index contributed by atoms with van der Waals surface area (Å²) in [4.78, 5) is 17.5. The van der Waals surface area contributed by atoms with Gasteiger partial charge in [-0.2, -0.15) is 4.98 Å². The third kappa shape index (κ3) is 2.82. The Kier molecular flexibility index (Phi) is 4.05. The number of phenols is 1. The van der Waals surface area contributed by atoms with Crippen molar-refractivity contribution in [3.8, 4) is 17.1 Å². The third-order valence-electron chi connectivity index (χ3n) is 5.14. The number of phenolic OH excluding ortho intramolecular Hbond substituents is 1. The summed E-state index contributed by atoms with van der Waals surface area (Å²) in [6.07, 6.45) is 2.21. The second-order valence-corrected chi connectivity index (χ2v) is 7.92. The molecular weight excluding hydrogens is 420 g/mol. The molecular formula is C21H17BrN4O2. The number of carbonyl (C=O) groups is 1. The second-order valence-electron chi connectivity index (χ2n) is 7.01. The topological polar surface area (TPSA) is 80.0 Å². The lowest BCUT2D eigenvalue weighted by atomic mass is 9.85. The van der Waals surface area contributed by atoms with E-state index < -0.39 is 0 Å². The van der Waals surface area contributed by atoms with E-state index in [0.29, 0.717) is 18.2 Å². The van der Waals surface area contributed by atoms with Crippen LogP contribution in [0, 0.1) is 0 Å². The van der Waals surface area contributed by atoms with Crippen LogP contribution in [0.25, 0.3) is 11.4 Å². The number of carbonyl (C=O) groups excluding carboxylic acids is 1. The van der Waals surface area contributed by atoms with Crippen LogP contribution in [-0.2, 0) is 4.79 Å². The fourth-order valence-electron chi connectivity index (χ4n) is 3.91. The van der Waals surface area contributed by atoms with Crippen molar-refractivity contribution < 1.29 is 9.90 Å². The molecule has 2 aliphatic rings. The van der Waals surface area contributed by atoms with Gasteiger partial charge < -0.3 is 10.4 Å². The first-order valence-corrected chi connectivity index (χ1v) is 9.94. The normalized spacial score (nSPS) is 18.5. The van der Waals surface area contributed by atoms with Crippen LogP contribution >= 0.6 is 15.9 Å². The van der Waals surface area contributed by atoms with Gasteiger partial charge in [-0.3, -0.25) is 4.79 Å². The first-order chi connectivity index (χ1) is 13.6. The van der Waals surface area contributed by atoms with Crippen molar-refractivity contribution >= 4 is 27.7 Å². The molecule has 1 aliphatic heterocycles. The van der Waals surface area contributed by atoms with Crippen LogP contribution in [0.5, 0.6) is 5.75 Å². The summed E-state index contributed by atoms with van der Waals surface area (Å²) in [7, 11) is 0. The van der Waals surface area contributed by atoms with Gasteiger partial charge in [0, 0.05) is 27.7 Å². The Hall–Kier alpha value is -2.93. The molecule has 0 saturated heterocycles. The number of aromatic hydroxyl groups is 1. The molecule has 0 saturated carbocycles. The highest BCUT2D eigenvalue weighted by Gasteiger charge is 2.36. The van der Waals surface area contributed by atoms with Gasteiger partial charge in [0.25, 0.3) is 0 Å². The van der Waals surface area contributed by atoms with E-state index in [9.17, 15) is 9.90 Å². The fraction of sp³-hybridized carbons (Fsp3) is 0.190. The van der Waals surface area contributed by atoms with Crippen LogP contribution in [-0.4, -0.2) is 25.7 Å². The van der Waals surface area contributed by atoms with E-state index in [0.717, 1.165) is 39.7 Å². The Morgan fingerprint density at radius 1 is 1.14 bits per heavy atom. The van der Waals surface area contributed by atoms with E-state index >= 15 is 0 Å². The molecule has 5 rings (SSSR count). The number of Topliss-reactive ketones (excluding diaryl/α,β-unsaturated/α-hetero) is 1. The number of nitrogens with zero attached hydrogens (tertiary/aromatic N) is 3. The minimum atomic E-state index is -0.324. The van der Waals surface area contributed by atoms with E-state index in [1.165, 1.54) is 0 Å². The third-order valence-corrected chi connectivity index (χ3v) is 5.63. The van der Waals surface area contributed by atoms with Gasteiger partial charge >= 0.3 is 0 Å². The highest BCUT2D eigenvalue weighted by atomic mass is 79.9. The molecule has 2 heterocycles. The molecule has 0 fully saturated rings. The molecule has 0 spiro atoms. The summed E-state index contributed by atoms with van der Waals surface area (Å²) in [5, 5.41) is 17.8. The molecule has 0 bridgehead atoms. The smallest absolute Gasteiger partial charge is 0.226 e. The molecule has 140 valence electrons. The van der Waals surface area contributed by atoms with Crippen LogP contribution < -0.4 is 5.32 Å². The van der Waals surface area contributed by atoms with Crippen LogP contribution in [0.1, 0.15) is 30.9 Å². The zero-order chi connectivity index (χ0) is 19.3. The quantitative estimate of drug-likeness (QED) is 0.620. The number of fused-ring (bicyclic) bond motifs is 1. The van der Waals surface area contributed by atoms with Crippen molar-refractivity contribution in [2.45, 2.75) is 25.3 Å². The van der Waals surface area contributed by atoms with Crippen molar-refractivity contribution in [3.63, 3.8) is 0 Å². The Morgan fingerprint density at radius 3 is 2.82 bits per heavy atom. The van der Waals surface area contributed by atoms with Gasteiger partial charge in [0.05, 0.1) is 0 Å². The molecule has 2 N–H and O–H groups in total. The maximum absolute atomic E-state index is 12.8. The number of anilines is 1. The standard InChI is InChI=1S/C21H17BrN4O2/c22-14-6-1-4-12(10-14)19-18-16(8-3-9-17(18)28)23-21-24-20(25-26(19)21)13-5-2-7-15(27)11-13/h1-2,4-7,10-11,19,27H,3,8-9H2,(H,23,24,25). The van der Waals surface area contributed by atoms with E-state index in [1.54, 1.807) is 22.9 Å². The van der Waals surface area contributed by atoms with Gasteiger partial charge in [0.1, 0.15) is 11.8 Å². The maximum Gasteiger partial charge on any atom is 0.226 e. The number of hydrogen-bond donors (Lipinski definition) is 2. The lowest BCUT2D eigenvalue weighted by Crippen LogP contribution is -2.31. The average molecular weight is 437 g/mol. The maximum atomic E-state index is 12.8. The van der Waals surface area contributed by atoms with Gasteiger partial charge in [-0.05, 0) is 42.7 Å². The monoisotopic (exact) mass is 436 g/mol. The van der Waals surface area contributed by atoms with E-state index in [-0.39, 0.29) is 17.6 Å². The van der Waals surface area contributed by atoms with E-state index in [4.69, 9.17) is 5.10 Å². The van der Waals surface area contributed by atoms with Gasteiger partial charge in [0.15, 0.2) is 11.6 Å². The van der Waals surface area contributed by atoms with Crippen LogP contribution in [0.4, 0.5) is 5.95 Å². The molecule has 28 heavy (non-hydrogen) atoms. The Morgan fingerprint density at radius 2 is 2.00 bits per heavy atom. The lowest BCUT2D eigenvalue weighted by Gasteiger charge is -2.32. The summed E-state index contributed by atoms with van der Waals surface area (Å²) in [6, 6.07) is 14.5. The summed E-state index contributed by atoms with van der Waals surface area (Å²) in [5.74, 6) is 1.43. The van der Waals surface area contributed by atoms with Gasteiger partial charge in [-0.15, -0.1) is 5.10 Å². The van der Waals surface area contributed by atoms with Gasteiger partial charge in [0.2, 0.25) is 5.95 Å². The van der Waals surface area contributed by atoms with Crippen molar-refractivity contribution in [1.82, 2.24) is 14.8 Å². The predicted molar refractivity (Wildman–Crippen MR) is 109 cm³/mol. The minimum absolute atomic E-state index is 0.152. The summed E-state index contributed by atoms with van der Waals surface area (Å²) in [5.41, 5.74) is 3.40. The number of nitrogens with one attached hydrogen (secondary N) is 1. The Balaban J connectivity index is 1.69. The molecule has 0 amide bonds. The highest BCUT2D eigenvalue weighted by molar-refractivity contribution is 9.10. The largest absolute Gasteiger partial charge is 0.508 e. The fourth-order valence-corrected chi connectivity index (χ4v) is 4.33. The van der Waals surface area contributed by atoms with Crippen molar-refractivity contribution in [2.24, 2.45) is 0 Å². The Bertz CT molecular complexity index is 1130. The number of hydrogen-bond acceptors (Lipinski definition) is 5.